The van der Waals surface area contributed by atoms with Gasteiger partial charge in [0.05, 0.1) is 12.8 Å². The number of aryl methyl sites for hydroxylation is 1. The lowest BCUT2D eigenvalue weighted by Crippen LogP contribution is -2.18. The minimum Gasteiger partial charge on any atom is -0.507 e. The number of benzene rings is 1. The van der Waals surface area contributed by atoms with Gasteiger partial charge in [0.1, 0.15) is 11.5 Å². The lowest BCUT2D eigenvalue weighted by molar-refractivity contribution is 0.315. The van der Waals surface area contributed by atoms with Crippen LogP contribution >= 0.6 is 0 Å². The SMILES string of the molecule is CCCCc1c(C)nc(N/N=C/c2ccc(OCCC)cc2O)[nH]c1=O. The van der Waals surface area contributed by atoms with Gasteiger partial charge >= 0.3 is 0 Å². The fraction of sp³-hybridized carbons (Fsp3) is 0.421. The van der Waals surface area contributed by atoms with E-state index in [0.717, 1.165) is 19.3 Å². The molecule has 2 rings (SSSR count). The second kappa shape index (κ2) is 9.60. The molecule has 3 N–H and O–H groups in total. The van der Waals surface area contributed by atoms with Gasteiger partial charge in [-0.1, -0.05) is 20.3 Å². The molecule has 0 spiro atoms. The number of ether oxygens (including phenoxy) is 1. The van der Waals surface area contributed by atoms with Gasteiger partial charge < -0.3 is 9.84 Å². The Balaban J connectivity index is 2.05. The fourth-order valence-electron chi connectivity index (χ4n) is 2.42. The summed E-state index contributed by atoms with van der Waals surface area (Å²) in [4.78, 5) is 19.1. The monoisotopic (exact) mass is 358 g/mol. The first-order valence-electron chi connectivity index (χ1n) is 8.89. The molecule has 0 unspecified atom stereocenters. The molecule has 1 aromatic heterocycles. The normalized spacial score (nSPS) is 11.0. The van der Waals surface area contributed by atoms with Gasteiger partial charge in [-0.05, 0) is 38.3 Å². The summed E-state index contributed by atoms with van der Waals surface area (Å²) in [7, 11) is 0. The first-order chi connectivity index (χ1) is 12.5. The molecule has 0 saturated carbocycles. The zero-order valence-corrected chi connectivity index (χ0v) is 15.5. The Morgan fingerprint density at radius 3 is 2.81 bits per heavy atom. The van der Waals surface area contributed by atoms with Crippen LogP contribution in [0.1, 0.15) is 49.9 Å². The van der Waals surface area contributed by atoms with E-state index in [9.17, 15) is 9.90 Å². The first kappa shape index (κ1) is 19.5. The number of rotatable bonds is 9. The van der Waals surface area contributed by atoms with Crippen LogP contribution in [0.5, 0.6) is 11.5 Å². The number of hydrazone groups is 1. The second-order valence-electron chi connectivity index (χ2n) is 6.02. The molecule has 0 amide bonds. The molecule has 7 nitrogen and oxygen atoms in total. The molecule has 140 valence electrons. The molecule has 0 aliphatic carbocycles. The average molecular weight is 358 g/mol. The summed E-state index contributed by atoms with van der Waals surface area (Å²) < 4.78 is 5.46. The number of phenols is 1. The highest BCUT2D eigenvalue weighted by Gasteiger charge is 2.07. The van der Waals surface area contributed by atoms with Crippen LogP contribution in [-0.4, -0.2) is 27.9 Å². The van der Waals surface area contributed by atoms with E-state index < -0.39 is 0 Å². The van der Waals surface area contributed by atoms with E-state index in [1.54, 1.807) is 18.2 Å². The van der Waals surface area contributed by atoms with Crippen LogP contribution in [0.2, 0.25) is 0 Å². The highest BCUT2D eigenvalue weighted by Crippen LogP contribution is 2.22. The maximum absolute atomic E-state index is 12.1. The van der Waals surface area contributed by atoms with Gasteiger partial charge in [-0.3, -0.25) is 9.78 Å². The van der Waals surface area contributed by atoms with E-state index in [-0.39, 0.29) is 17.3 Å². The lowest BCUT2D eigenvalue weighted by Gasteiger charge is -2.07. The molecule has 0 radical (unpaired) electrons. The van der Waals surface area contributed by atoms with E-state index in [1.165, 1.54) is 6.21 Å². The molecule has 0 saturated heterocycles. The number of aromatic nitrogens is 2. The molecule has 0 bridgehead atoms. The molecule has 1 heterocycles. The van der Waals surface area contributed by atoms with Gasteiger partial charge in [-0.25, -0.2) is 10.4 Å². The smallest absolute Gasteiger partial charge is 0.255 e. The molecule has 0 atom stereocenters. The van der Waals surface area contributed by atoms with E-state index in [2.05, 4.69) is 27.4 Å². The summed E-state index contributed by atoms with van der Waals surface area (Å²) in [6.45, 7) is 6.51. The molecule has 7 heteroatoms. The third kappa shape index (κ3) is 5.34. The average Bonchev–Trinajstić information content (AvgIpc) is 2.61. The zero-order valence-electron chi connectivity index (χ0n) is 15.5. The van der Waals surface area contributed by atoms with Crippen molar-refractivity contribution in [1.82, 2.24) is 9.97 Å². The third-order valence-electron chi connectivity index (χ3n) is 3.85. The van der Waals surface area contributed by atoms with E-state index in [4.69, 9.17) is 4.74 Å². The van der Waals surface area contributed by atoms with Crippen molar-refractivity contribution >= 4 is 12.2 Å². The van der Waals surface area contributed by atoms with Gasteiger partial charge in [0.15, 0.2) is 0 Å². The van der Waals surface area contributed by atoms with Crippen LogP contribution in [0.25, 0.3) is 0 Å². The van der Waals surface area contributed by atoms with Crippen LogP contribution in [0.15, 0.2) is 28.1 Å². The quantitative estimate of drug-likeness (QED) is 0.471. The number of hydrogen-bond donors (Lipinski definition) is 3. The summed E-state index contributed by atoms with van der Waals surface area (Å²) >= 11 is 0. The molecule has 26 heavy (non-hydrogen) atoms. The number of aromatic amines is 1. The topological polar surface area (TPSA) is 99.6 Å². The van der Waals surface area contributed by atoms with Crippen molar-refractivity contribution in [2.75, 3.05) is 12.0 Å². The largest absolute Gasteiger partial charge is 0.507 e. The Hall–Kier alpha value is -2.83. The number of nitrogens with one attached hydrogen (secondary N) is 2. The summed E-state index contributed by atoms with van der Waals surface area (Å²) in [5.41, 5.74) is 4.48. The molecule has 2 aromatic rings. The number of aromatic hydroxyl groups is 1. The Kier molecular flexibility index (Phi) is 7.20. The molecule has 0 aliphatic heterocycles. The third-order valence-corrected chi connectivity index (χ3v) is 3.85. The van der Waals surface area contributed by atoms with Crippen LogP contribution in [-0.2, 0) is 6.42 Å². The molecule has 0 aliphatic rings. The predicted molar refractivity (Wildman–Crippen MR) is 103 cm³/mol. The van der Waals surface area contributed by atoms with Crippen molar-refractivity contribution < 1.29 is 9.84 Å². The van der Waals surface area contributed by atoms with Crippen LogP contribution in [0, 0.1) is 6.92 Å². The summed E-state index contributed by atoms with van der Waals surface area (Å²) in [5, 5.41) is 14.1. The molecular weight excluding hydrogens is 332 g/mol. The van der Waals surface area contributed by atoms with E-state index in [0.29, 0.717) is 35.6 Å². The van der Waals surface area contributed by atoms with Crippen molar-refractivity contribution in [2.45, 2.75) is 46.5 Å². The van der Waals surface area contributed by atoms with Gasteiger partial charge in [0.2, 0.25) is 5.95 Å². The maximum Gasteiger partial charge on any atom is 0.255 e. The van der Waals surface area contributed by atoms with Crippen molar-refractivity contribution in [3.05, 3.63) is 45.4 Å². The standard InChI is InChI=1S/C19H26N4O3/c1-4-6-7-16-13(3)21-19(22-18(16)25)23-20-12-14-8-9-15(11-17(14)24)26-10-5-2/h8-9,11-12,24H,4-7,10H2,1-3H3,(H2,21,22,23,25)/b20-12+. The predicted octanol–water partition coefficient (Wildman–Crippen LogP) is 3.36. The van der Waals surface area contributed by atoms with Crippen LogP contribution in [0.4, 0.5) is 5.95 Å². The molecular formula is C19H26N4O3. The Labute approximate surface area is 153 Å². The number of hydrogen-bond acceptors (Lipinski definition) is 6. The summed E-state index contributed by atoms with van der Waals surface area (Å²) in [5.74, 6) is 0.946. The number of anilines is 1. The second-order valence-corrected chi connectivity index (χ2v) is 6.02. The highest BCUT2D eigenvalue weighted by molar-refractivity contribution is 5.84. The van der Waals surface area contributed by atoms with Crippen molar-refractivity contribution in [3.8, 4) is 11.5 Å². The summed E-state index contributed by atoms with van der Waals surface area (Å²) in [6, 6.07) is 5.02. The van der Waals surface area contributed by atoms with Gasteiger partial charge in [0.25, 0.3) is 5.56 Å². The van der Waals surface area contributed by atoms with Crippen molar-refractivity contribution in [1.29, 1.82) is 0 Å². The van der Waals surface area contributed by atoms with Crippen molar-refractivity contribution in [3.63, 3.8) is 0 Å². The Bertz CT molecular complexity index is 815. The lowest BCUT2D eigenvalue weighted by atomic mass is 10.1. The van der Waals surface area contributed by atoms with E-state index in [1.807, 2.05) is 13.8 Å². The Morgan fingerprint density at radius 1 is 1.35 bits per heavy atom. The minimum absolute atomic E-state index is 0.0664. The zero-order chi connectivity index (χ0) is 18.9. The minimum atomic E-state index is -0.149. The van der Waals surface area contributed by atoms with Gasteiger partial charge in [-0.15, -0.1) is 0 Å². The van der Waals surface area contributed by atoms with Gasteiger partial charge in [0, 0.05) is 22.9 Å². The van der Waals surface area contributed by atoms with Crippen LogP contribution in [0.3, 0.4) is 0 Å². The van der Waals surface area contributed by atoms with Crippen molar-refractivity contribution in [2.24, 2.45) is 5.10 Å². The Morgan fingerprint density at radius 2 is 2.15 bits per heavy atom. The van der Waals surface area contributed by atoms with Crippen LogP contribution < -0.4 is 15.7 Å². The molecule has 1 aromatic carbocycles. The number of nitrogens with zero attached hydrogens (tertiary/aromatic N) is 2. The first-order valence-corrected chi connectivity index (χ1v) is 8.89. The fourth-order valence-corrected chi connectivity index (χ4v) is 2.42. The highest BCUT2D eigenvalue weighted by atomic mass is 16.5. The number of unbranched alkanes of at least 4 members (excludes halogenated alkanes) is 1. The van der Waals surface area contributed by atoms with Gasteiger partial charge in [-0.2, -0.15) is 5.10 Å². The summed E-state index contributed by atoms with van der Waals surface area (Å²) in [6.07, 6.45) is 5.05. The maximum atomic E-state index is 12.1. The number of H-pyrrole nitrogens is 1. The van der Waals surface area contributed by atoms with E-state index >= 15 is 0 Å². The molecule has 0 fully saturated rings. The number of phenolic OH excluding ortho intramolecular Hbond substituents is 1.